The number of Topliss-reactive ketones (excluding diaryl/α,β-unsaturated/α-hetero) is 1. The quantitative estimate of drug-likeness (QED) is 0.850. The van der Waals surface area contributed by atoms with Crippen molar-refractivity contribution in [3.8, 4) is 0 Å². The number of thioether (sulfide) groups is 1. The van der Waals surface area contributed by atoms with Crippen molar-refractivity contribution >= 4 is 22.8 Å². The summed E-state index contributed by atoms with van der Waals surface area (Å²) in [7, 11) is 0. The second-order valence-corrected chi connectivity index (χ2v) is 6.12. The van der Waals surface area contributed by atoms with E-state index in [0.717, 1.165) is 11.1 Å². The molecule has 4 heteroatoms. The van der Waals surface area contributed by atoms with E-state index >= 15 is 0 Å². The van der Waals surface area contributed by atoms with Gasteiger partial charge in [0.1, 0.15) is 11.8 Å². The van der Waals surface area contributed by atoms with E-state index in [0.29, 0.717) is 11.0 Å². The van der Waals surface area contributed by atoms with E-state index in [9.17, 15) is 4.79 Å². The molecule has 0 saturated carbocycles. The van der Waals surface area contributed by atoms with Gasteiger partial charge in [-0.3, -0.25) is 4.79 Å². The van der Waals surface area contributed by atoms with E-state index in [1.54, 1.807) is 6.92 Å². The Kier molecular flexibility index (Phi) is 4.59. The first kappa shape index (κ1) is 14.9. The van der Waals surface area contributed by atoms with Crippen molar-refractivity contribution in [1.29, 1.82) is 0 Å². The highest BCUT2D eigenvalue weighted by Crippen LogP contribution is 2.41. The number of rotatable bonds is 4. The lowest BCUT2D eigenvalue weighted by Gasteiger charge is -2.18. The molecule has 0 aliphatic carbocycles. The topological polar surface area (TPSA) is 38.7 Å². The van der Waals surface area contributed by atoms with Crippen LogP contribution >= 0.6 is 11.8 Å². The molecule has 2 aromatic rings. The van der Waals surface area contributed by atoms with Gasteiger partial charge in [0.25, 0.3) is 0 Å². The van der Waals surface area contributed by atoms with Gasteiger partial charge in [-0.25, -0.2) is 4.99 Å². The van der Waals surface area contributed by atoms with Crippen molar-refractivity contribution in [2.75, 3.05) is 5.75 Å². The number of nitrogens with zero attached hydrogens (tertiary/aromatic N) is 1. The highest BCUT2D eigenvalue weighted by molar-refractivity contribution is 8.14. The van der Waals surface area contributed by atoms with Crippen molar-refractivity contribution in [2.24, 2.45) is 4.99 Å². The molecule has 2 atom stereocenters. The minimum atomic E-state index is -0.141. The molecule has 0 spiro atoms. The van der Waals surface area contributed by atoms with Gasteiger partial charge in [-0.15, -0.1) is 0 Å². The molecule has 0 N–H and O–H groups in total. The maximum Gasteiger partial charge on any atom is 0.247 e. The monoisotopic (exact) mass is 311 g/mol. The number of ketones is 1. The molecule has 3 rings (SSSR count). The van der Waals surface area contributed by atoms with Crippen molar-refractivity contribution in [3.05, 3.63) is 71.8 Å². The molecule has 0 aromatic heterocycles. The summed E-state index contributed by atoms with van der Waals surface area (Å²) in [5.41, 5.74) is 2.22. The molecule has 0 amide bonds. The van der Waals surface area contributed by atoms with Crippen molar-refractivity contribution < 1.29 is 9.53 Å². The Bertz CT molecular complexity index is 670. The number of carbonyl (C=O) groups is 1. The Hall–Kier alpha value is -2.07. The molecule has 2 aromatic carbocycles. The van der Waals surface area contributed by atoms with Crippen molar-refractivity contribution in [3.63, 3.8) is 0 Å². The lowest BCUT2D eigenvalue weighted by molar-refractivity contribution is -0.114. The molecule has 1 heterocycles. The molecule has 2 unspecified atom stereocenters. The molecule has 22 heavy (non-hydrogen) atoms. The predicted molar refractivity (Wildman–Crippen MR) is 90.0 cm³/mol. The van der Waals surface area contributed by atoms with Crippen LogP contribution in [0.2, 0.25) is 0 Å². The van der Waals surface area contributed by atoms with Crippen molar-refractivity contribution in [2.45, 2.75) is 19.1 Å². The van der Waals surface area contributed by atoms with Crippen LogP contribution in [0.5, 0.6) is 0 Å². The van der Waals surface area contributed by atoms with Gasteiger partial charge < -0.3 is 4.74 Å². The summed E-state index contributed by atoms with van der Waals surface area (Å²) in [5.74, 6) is 0.512. The van der Waals surface area contributed by atoms with Gasteiger partial charge >= 0.3 is 0 Å². The molecular weight excluding hydrogens is 294 g/mol. The van der Waals surface area contributed by atoms with Crippen LogP contribution in [-0.4, -0.2) is 16.8 Å². The largest absolute Gasteiger partial charge is 0.462 e. The van der Waals surface area contributed by atoms with Gasteiger partial charge in [-0.05, 0) is 18.1 Å². The molecule has 1 aliphatic heterocycles. The third-order valence-corrected chi connectivity index (χ3v) is 4.43. The van der Waals surface area contributed by atoms with Crippen LogP contribution in [0.4, 0.5) is 0 Å². The number of hydrogen-bond donors (Lipinski definition) is 0. The maximum atomic E-state index is 11.2. The third kappa shape index (κ3) is 3.39. The second-order valence-electron chi connectivity index (χ2n) is 5.19. The molecular formula is C18H17NO2S. The lowest BCUT2D eigenvalue weighted by Crippen LogP contribution is -2.08. The number of ether oxygens (including phenoxy) is 1. The summed E-state index contributed by atoms with van der Waals surface area (Å²) in [4.78, 5) is 15.9. The summed E-state index contributed by atoms with van der Waals surface area (Å²) in [5, 5.41) is 0.595. The Balaban J connectivity index is 1.88. The molecule has 3 nitrogen and oxygen atoms in total. The summed E-state index contributed by atoms with van der Waals surface area (Å²) < 4.78 is 6.03. The van der Waals surface area contributed by atoms with Gasteiger partial charge in [-0.1, -0.05) is 72.4 Å². The Morgan fingerprint density at radius 2 is 1.64 bits per heavy atom. The summed E-state index contributed by atoms with van der Waals surface area (Å²) in [6, 6.07) is 20.2. The minimum absolute atomic E-state index is 0.0712. The van der Waals surface area contributed by atoms with Crippen LogP contribution in [0.1, 0.15) is 30.2 Å². The SMILES string of the molecule is CC(=O)CSC1=NC(c2ccccc2)C(c2ccccc2)O1. The van der Waals surface area contributed by atoms with Crippen molar-refractivity contribution in [1.82, 2.24) is 0 Å². The van der Waals surface area contributed by atoms with Gasteiger partial charge in [0.2, 0.25) is 5.23 Å². The van der Waals surface area contributed by atoms with Gasteiger partial charge in [0.05, 0.1) is 5.75 Å². The second kappa shape index (κ2) is 6.79. The highest BCUT2D eigenvalue weighted by Gasteiger charge is 2.33. The van der Waals surface area contributed by atoms with Crippen LogP contribution in [-0.2, 0) is 9.53 Å². The Morgan fingerprint density at radius 1 is 1.05 bits per heavy atom. The maximum absolute atomic E-state index is 11.2. The zero-order chi connectivity index (χ0) is 15.4. The van der Waals surface area contributed by atoms with Crippen LogP contribution in [0.25, 0.3) is 0 Å². The standard InChI is InChI=1S/C18H17NO2S/c1-13(20)12-22-18-19-16(14-8-4-2-5-9-14)17(21-18)15-10-6-3-7-11-15/h2-11,16-17H,12H2,1H3. The predicted octanol–water partition coefficient (Wildman–Crippen LogP) is 4.18. The number of hydrogen-bond acceptors (Lipinski definition) is 4. The first-order valence-electron chi connectivity index (χ1n) is 7.20. The van der Waals surface area contributed by atoms with E-state index in [1.165, 1.54) is 11.8 Å². The van der Waals surface area contributed by atoms with E-state index in [2.05, 4.69) is 24.3 Å². The summed E-state index contributed by atoms with van der Waals surface area (Å²) in [6.07, 6.45) is -0.141. The number of aliphatic imine (C=N–C) groups is 1. The summed E-state index contributed by atoms with van der Waals surface area (Å²) >= 11 is 1.37. The average molecular weight is 311 g/mol. The number of carbonyl (C=O) groups excluding carboxylic acids is 1. The first-order valence-corrected chi connectivity index (χ1v) is 8.19. The van der Waals surface area contributed by atoms with E-state index in [1.807, 2.05) is 36.4 Å². The lowest BCUT2D eigenvalue weighted by atomic mass is 9.97. The normalized spacial score (nSPS) is 20.3. The summed E-state index contributed by atoms with van der Waals surface area (Å²) in [6.45, 7) is 1.58. The highest BCUT2D eigenvalue weighted by atomic mass is 32.2. The zero-order valence-corrected chi connectivity index (χ0v) is 13.1. The molecule has 0 bridgehead atoms. The van der Waals surface area contributed by atoms with E-state index in [-0.39, 0.29) is 17.9 Å². The molecule has 1 aliphatic rings. The van der Waals surface area contributed by atoms with Crippen LogP contribution in [0.3, 0.4) is 0 Å². The Morgan fingerprint density at radius 3 is 2.23 bits per heavy atom. The first-order chi connectivity index (χ1) is 10.7. The molecule has 0 fully saturated rings. The van der Waals surface area contributed by atoms with E-state index in [4.69, 9.17) is 9.73 Å². The average Bonchev–Trinajstić information content (AvgIpc) is 2.99. The molecule has 0 radical (unpaired) electrons. The fraction of sp³-hybridized carbons (Fsp3) is 0.222. The molecule has 0 saturated heterocycles. The van der Waals surface area contributed by atoms with Crippen LogP contribution in [0, 0.1) is 0 Å². The van der Waals surface area contributed by atoms with Gasteiger partial charge in [-0.2, -0.15) is 0 Å². The van der Waals surface area contributed by atoms with Crippen LogP contribution < -0.4 is 0 Å². The molecule has 112 valence electrons. The van der Waals surface area contributed by atoms with Gasteiger partial charge in [0.15, 0.2) is 6.10 Å². The third-order valence-electron chi connectivity index (χ3n) is 3.43. The smallest absolute Gasteiger partial charge is 0.247 e. The van der Waals surface area contributed by atoms with Crippen LogP contribution in [0.15, 0.2) is 65.7 Å². The van der Waals surface area contributed by atoms with Gasteiger partial charge in [0, 0.05) is 0 Å². The fourth-order valence-corrected chi connectivity index (χ4v) is 3.10. The minimum Gasteiger partial charge on any atom is -0.462 e. The Labute approximate surface area is 134 Å². The van der Waals surface area contributed by atoms with E-state index < -0.39 is 0 Å². The fourth-order valence-electron chi connectivity index (χ4n) is 2.41. The zero-order valence-electron chi connectivity index (χ0n) is 12.3. The number of benzene rings is 2.